The van der Waals surface area contributed by atoms with Crippen molar-refractivity contribution in [1.82, 2.24) is 0 Å². The number of alkyl halides is 20. The Bertz CT molecular complexity index is 1660. The molecule has 0 unspecified atom stereocenters. The summed E-state index contributed by atoms with van der Waals surface area (Å²) in [7, 11) is -7.91. The molecule has 0 saturated heterocycles. The van der Waals surface area contributed by atoms with Crippen molar-refractivity contribution in [2.75, 3.05) is 0 Å². The van der Waals surface area contributed by atoms with E-state index in [1.807, 2.05) is 0 Å². The van der Waals surface area contributed by atoms with Crippen LogP contribution in [0.3, 0.4) is 0 Å². The summed E-state index contributed by atoms with van der Waals surface area (Å²) < 4.78 is 330. The Labute approximate surface area is 252 Å². The third-order valence-electron chi connectivity index (χ3n) is 6.32. The Morgan fingerprint density at radius 1 is 0.479 bits per heavy atom. The molecule has 48 heavy (non-hydrogen) atoms. The Balaban J connectivity index is 2.49. The molecule has 3 nitrogen and oxygen atoms in total. The molecule has 0 radical (unpaired) electrons. The maximum absolute atomic E-state index is 16.0. The standard InChI is InChI=1S/C21H6F22O3SSe/c22-7-1-3-11-9(5-7)10-6-8(23)2-4-12(10)48(11,46-47(44,45)21(41,42)43)20(39,40)18(34,35)16(30,31)14(26,27)13(24,25)15(28,29)17(32,33)19(36,37)38/h1-6H. The number of fused-ring (bicyclic) bond motifs is 3. The topological polar surface area (TPSA) is 43.4 Å². The van der Waals surface area contributed by atoms with Crippen molar-refractivity contribution in [3.63, 3.8) is 0 Å². The van der Waals surface area contributed by atoms with Gasteiger partial charge < -0.3 is 0 Å². The van der Waals surface area contributed by atoms with E-state index in [0.29, 0.717) is 0 Å². The first kappa shape index (κ1) is 39.8. The van der Waals surface area contributed by atoms with Crippen LogP contribution < -0.4 is 8.92 Å². The Morgan fingerprint density at radius 2 is 0.792 bits per heavy atom. The summed E-state index contributed by atoms with van der Waals surface area (Å²) >= 11 is -8.57. The van der Waals surface area contributed by atoms with Crippen molar-refractivity contribution < 1.29 is 108 Å². The summed E-state index contributed by atoms with van der Waals surface area (Å²) in [5.41, 5.74) is -10.2. The second-order valence-electron chi connectivity index (χ2n) is 9.27. The first-order valence-electron chi connectivity index (χ1n) is 11.1. The first-order valence-corrected chi connectivity index (χ1v) is 15.8. The fourth-order valence-corrected chi connectivity index (χ4v) is 13.9. The summed E-state index contributed by atoms with van der Waals surface area (Å²) in [5.74, 6) is -57.0. The molecule has 27 heteroatoms. The summed E-state index contributed by atoms with van der Waals surface area (Å²) in [4.78, 5) is -7.87. The van der Waals surface area contributed by atoms with Crippen LogP contribution in [0, 0.1) is 11.6 Å². The van der Waals surface area contributed by atoms with E-state index in [0.717, 1.165) is 0 Å². The number of hydrogen-bond acceptors (Lipinski definition) is 3. The number of hydrogen-bond donors (Lipinski definition) is 0. The molecule has 0 atom stereocenters. The maximum atomic E-state index is 16.0. The van der Waals surface area contributed by atoms with Crippen LogP contribution in [0.2, 0.25) is 0 Å². The molecule has 2 aromatic carbocycles. The van der Waals surface area contributed by atoms with Gasteiger partial charge in [-0.15, -0.1) is 0 Å². The van der Waals surface area contributed by atoms with Crippen molar-refractivity contribution in [2.24, 2.45) is 0 Å². The Morgan fingerprint density at radius 3 is 1.10 bits per heavy atom. The predicted octanol–water partition coefficient (Wildman–Crippen LogP) is 7.42. The molecule has 0 fully saturated rings. The van der Waals surface area contributed by atoms with Crippen molar-refractivity contribution >= 4 is 32.2 Å². The SMILES string of the molecule is O=S(=O)(O[Se]1(C(F)(F)C(F)(F)C(F)(F)C(F)(F)C(F)(F)C(F)(F)C(F)(F)C(F)(F)F)c2ccc(F)cc2-c2cc(F)ccc21)C(F)(F)F. The van der Waals surface area contributed by atoms with E-state index in [9.17, 15) is 87.4 Å². The summed E-state index contributed by atoms with van der Waals surface area (Å²) in [5, 5.41) is 0. The van der Waals surface area contributed by atoms with Gasteiger partial charge in [0.15, 0.2) is 0 Å². The van der Waals surface area contributed by atoms with E-state index in [1.165, 1.54) is 0 Å². The van der Waals surface area contributed by atoms with Gasteiger partial charge in [0.05, 0.1) is 0 Å². The van der Waals surface area contributed by atoms with E-state index in [4.69, 9.17) is 0 Å². The van der Waals surface area contributed by atoms with Crippen molar-refractivity contribution in [1.29, 1.82) is 0 Å². The molecule has 3 rings (SSSR count). The molecule has 0 bridgehead atoms. The molecular formula is C21H6F22O3SSe. The molecule has 0 amide bonds. The summed E-state index contributed by atoms with van der Waals surface area (Å²) in [6.45, 7) is 0. The van der Waals surface area contributed by atoms with E-state index in [1.54, 1.807) is 0 Å². The molecule has 274 valence electrons. The van der Waals surface area contributed by atoms with E-state index >= 15 is 17.6 Å². The van der Waals surface area contributed by atoms with Gasteiger partial charge in [-0.2, -0.15) is 0 Å². The van der Waals surface area contributed by atoms with Gasteiger partial charge in [0.1, 0.15) is 0 Å². The zero-order valence-corrected chi connectivity index (χ0v) is 23.9. The molecule has 1 heterocycles. The molecule has 0 aromatic heterocycles. The number of rotatable bonds is 9. The average Bonchev–Trinajstić information content (AvgIpc) is 3.15. The van der Waals surface area contributed by atoms with E-state index in [2.05, 4.69) is 3.27 Å². The van der Waals surface area contributed by atoms with Gasteiger partial charge in [-0.05, 0) is 0 Å². The Kier molecular flexibility index (Phi) is 8.84. The van der Waals surface area contributed by atoms with Crippen molar-refractivity contribution in [3.05, 3.63) is 48.0 Å². The first-order chi connectivity index (χ1) is 21.0. The second-order valence-corrected chi connectivity index (χ2v) is 16.9. The van der Waals surface area contributed by atoms with Crippen LogP contribution in [0.5, 0.6) is 0 Å². The summed E-state index contributed by atoms with van der Waals surface area (Å²) in [6.07, 6.45) is -8.06. The van der Waals surface area contributed by atoms with Crippen LogP contribution in [0.15, 0.2) is 36.4 Å². The normalized spacial score (nSPS) is 17.6. The zero-order chi connectivity index (χ0) is 37.9. The van der Waals surface area contributed by atoms with Gasteiger partial charge in [0, 0.05) is 0 Å². The van der Waals surface area contributed by atoms with E-state index in [-0.39, 0.29) is 24.3 Å². The average molecular weight is 835 g/mol. The quantitative estimate of drug-likeness (QED) is 0.150. The molecule has 0 N–H and O–H groups in total. The molecular weight excluding hydrogens is 829 g/mol. The van der Waals surface area contributed by atoms with Crippen molar-refractivity contribution in [3.8, 4) is 11.1 Å². The van der Waals surface area contributed by atoms with Crippen LogP contribution in [-0.2, 0) is 13.4 Å². The van der Waals surface area contributed by atoms with Crippen LogP contribution in [0.4, 0.5) is 96.6 Å². The minimum absolute atomic E-state index is 0.189. The van der Waals surface area contributed by atoms with Crippen molar-refractivity contribution in [2.45, 2.75) is 52.0 Å². The minimum atomic E-state index is -9.18. The van der Waals surface area contributed by atoms with Crippen LogP contribution in [-0.4, -0.2) is 73.6 Å². The predicted molar refractivity (Wildman–Crippen MR) is 114 cm³/mol. The third-order valence-corrected chi connectivity index (χ3v) is 15.8. The number of benzene rings is 2. The van der Waals surface area contributed by atoms with Gasteiger partial charge in [0.2, 0.25) is 0 Å². The van der Waals surface area contributed by atoms with Gasteiger partial charge in [0.25, 0.3) is 0 Å². The fourth-order valence-electron chi connectivity index (χ4n) is 3.94. The molecule has 0 spiro atoms. The molecule has 1 aliphatic rings. The molecule has 1 aliphatic heterocycles. The Hall–Kier alpha value is -2.67. The summed E-state index contributed by atoms with van der Waals surface area (Å²) in [6, 6.07) is -1.61. The van der Waals surface area contributed by atoms with Gasteiger partial charge in [-0.25, -0.2) is 0 Å². The van der Waals surface area contributed by atoms with Gasteiger partial charge >= 0.3 is 252 Å². The molecule has 2 aromatic rings. The molecule has 0 aliphatic carbocycles. The van der Waals surface area contributed by atoms with Crippen LogP contribution in [0.1, 0.15) is 0 Å². The van der Waals surface area contributed by atoms with Crippen LogP contribution >= 0.6 is 0 Å². The second kappa shape index (κ2) is 10.7. The zero-order valence-electron chi connectivity index (χ0n) is 21.3. The van der Waals surface area contributed by atoms with Gasteiger partial charge in [-0.3, -0.25) is 0 Å². The van der Waals surface area contributed by atoms with Gasteiger partial charge in [-0.1, -0.05) is 0 Å². The van der Waals surface area contributed by atoms with Crippen LogP contribution in [0.25, 0.3) is 11.1 Å². The van der Waals surface area contributed by atoms with E-state index < -0.39 is 119 Å². The number of halogens is 22. The molecule has 0 saturated carbocycles. The monoisotopic (exact) mass is 836 g/mol. The fraction of sp³-hybridized carbons (Fsp3) is 0.429. The third kappa shape index (κ3) is 4.86.